The molecule has 2 aromatic rings. The second kappa shape index (κ2) is 3.99. The molecule has 2 heterocycles. The van der Waals surface area contributed by atoms with Gasteiger partial charge in [-0.2, -0.15) is 5.26 Å². The van der Waals surface area contributed by atoms with E-state index >= 15 is 0 Å². The Morgan fingerprint density at radius 2 is 2.25 bits per heavy atom. The molecule has 0 aromatic carbocycles. The molecule has 0 fully saturated rings. The zero-order valence-electron chi connectivity index (χ0n) is 8.69. The van der Waals surface area contributed by atoms with Crippen LogP contribution in [0.1, 0.15) is 11.3 Å². The standard InChI is InChI=1S/C12H9N3O/c1-8-6-9(2-4-14-8)10-3-5-15-12(16)11(10)7-13/h2-6H,1H3,(H,15,16). The highest BCUT2D eigenvalue weighted by Crippen LogP contribution is 2.20. The third kappa shape index (κ3) is 1.71. The van der Waals surface area contributed by atoms with Crippen molar-refractivity contribution in [3.63, 3.8) is 0 Å². The molecule has 0 bridgehead atoms. The highest BCUT2D eigenvalue weighted by molar-refractivity contribution is 5.69. The van der Waals surface area contributed by atoms with Gasteiger partial charge >= 0.3 is 0 Å². The largest absolute Gasteiger partial charge is 0.328 e. The maximum Gasteiger partial charge on any atom is 0.266 e. The number of pyridine rings is 2. The van der Waals surface area contributed by atoms with Crippen LogP contribution in [-0.4, -0.2) is 9.97 Å². The summed E-state index contributed by atoms with van der Waals surface area (Å²) in [6, 6.07) is 7.26. The van der Waals surface area contributed by atoms with Crippen molar-refractivity contribution < 1.29 is 0 Å². The number of hydrogen-bond donors (Lipinski definition) is 1. The predicted molar refractivity (Wildman–Crippen MR) is 59.7 cm³/mol. The van der Waals surface area contributed by atoms with Crippen molar-refractivity contribution in [2.45, 2.75) is 6.92 Å². The van der Waals surface area contributed by atoms with Crippen molar-refractivity contribution in [3.8, 4) is 17.2 Å². The molecule has 0 saturated heterocycles. The minimum absolute atomic E-state index is 0.133. The van der Waals surface area contributed by atoms with Crippen molar-refractivity contribution >= 4 is 0 Å². The average molecular weight is 211 g/mol. The summed E-state index contributed by atoms with van der Waals surface area (Å²) in [4.78, 5) is 18.0. The molecule has 0 atom stereocenters. The van der Waals surface area contributed by atoms with Gasteiger partial charge in [-0.3, -0.25) is 9.78 Å². The Balaban J connectivity index is 2.71. The van der Waals surface area contributed by atoms with Crippen molar-refractivity contribution in [1.29, 1.82) is 5.26 Å². The summed E-state index contributed by atoms with van der Waals surface area (Å²) in [7, 11) is 0. The third-order valence-electron chi connectivity index (χ3n) is 2.28. The van der Waals surface area contributed by atoms with E-state index in [-0.39, 0.29) is 11.1 Å². The molecule has 0 aliphatic heterocycles. The van der Waals surface area contributed by atoms with Crippen LogP contribution in [0.15, 0.2) is 35.4 Å². The molecule has 0 aliphatic rings. The van der Waals surface area contributed by atoms with Crippen molar-refractivity contribution in [1.82, 2.24) is 9.97 Å². The van der Waals surface area contributed by atoms with E-state index in [9.17, 15) is 4.79 Å². The van der Waals surface area contributed by atoms with E-state index in [4.69, 9.17) is 5.26 Å². The molecule has 4 nitrogen and oxygen atoms in total. The van der Waals surface area contributed by atoms with Crippen molar-refractivity contribution in [2.24, 2.45) is 0 Å². The number of aromatic amines is 1. The number of hydrogen-bond acceptors (Lipinski definition) is 3. The van der Waals surface area contributed by atoms with Crippen molar-refractivity contribution in [2.75, 3.05) is 0 Å². The highest BCUT2D eigenvalue weighted by atomic mass is 16.1. The molecule has 78 valence electrons. The first-order valence-corrected chi connectivity index (χ1v) is 4.77. The number of aromatic nitrogens is 2. The number of rotatable bonds is 1. The second-order valence-corrected chi connectivity index (χ2v) is 3.39. The predicted octanol–water partition coefficient (Wildman–Crippen LogP) is 1.62. The number of nitrogens with one attached hydrogen (secondary N) is 1. The summed E-state index contributed by atoms with van der Waals surface area (Å²) in [5, 5.41) is 8.94. The number of aryl methyl sites for hydroxylation is 1. The lowest BCUT2D eigenvalue weighted by atomic mass is 10.0. The van der Waals surface area contributed by atoms with E-state index in [1.165, 1.54) is 6.20 Å². The zero-order valence-corrected chi connectivity index (χ0v) is 8.69. The van der Waals surface area contributed by atoms with Crippen LogP contribution in [0.2, 0.25) is 0 Å². The van der Waals surface area contributed by atoms with Crippen LogP contribution >= 0.6 is 0 Å². The Morgan fingerprint density at radius 3 is 2.94 bits per heavy atom. The van der Waals surface area contributed by atoms with Gasteiger partial charge in [-0.05, 0) is 30.7 Å². The molecule has 0 aliphatic carbocycles. The van der Waals surface area contributed by atoms with E-state index in [2.05, 4.69) is 9.97 Å². The Morgan fingerprint density at radius 1 is 1.44 bits per heavy atom. The molecular formula is C12H9N3O. The van der Waals surface area contributed by atoms with Gasteiger partial charge < -0.3 is 4.98 Å². The lowest BCUT2D eigenvalue weighted by Crippen LogP contribution is -2.10. The van der Waals surface area contributed by atoms with E-state index in [1.54, 1.807) is 18.3 Å². The number of H-pyrrole nitrogens is 1. The van der Waals surface area contributed by atoms with Crippen LogP contribution in [0.5, 0.6) is 0 Å². The lowest BCUT2D eigenvalue weighted by molar-refractivity contribution is 1.19. The first-order chi connectivity index (χ1) is 7.72. The van der Waals surface area contributed by atoms with Gasteiger partial charge in [0, 0.05) is 23.7 Å². The fraction of sp³-hybridized carbons (Fsp3) is 0.0833. The van der Waals surface area contributed by atoms with Gasteiger partial charge in [-0.15, -0.1) is 0 Å². The van der Waals surface area contributed by atoms with Gasteiger partial charge in [0.25, 0.3) is 5.56 Å². The van der Waals surface area contributed by atoms with Gasteiger partial charge in [0.1, 0.15) is 11.6 Å². The third-order valence-corrected chi connectivity index (χ3v) is 2.28. The summed E-state index contributed by atoms with van der Waals surface area (Å²) < 4.78 is 0. The van der Waals surface area contributed by atoms with Crippen LogP contribution in [0.4, 0.5) is 0 Å². The van der Waals surface area contributed by atoms with E-state index in [1.807, 2.05) is 19.1 Å². The number of nitrogens with zero attached hydrogens (tertiary/aromatic N) is 2. The summed E-state index contributed by atoms with van der Waals surface area (Å²) in [5.41, 5.74) is 2.08. The molecule has 0 unspecified atom stereocenters. The summed E-state index contributed by atoms with van der Waals surface area (Å²) in [5.74, 6) is 0. The Hall–Kier alpha value is -2.41. The molecule has 0 spiro atoms. The molecule has 16 heavy (non-hydrogen) atoms. The minimum Gasteiger partial charge on any atom is -0.328 e. The Labute approximate surface area is 92.2 Å². The SMILES string of the molecule is Cc1cc(-c2cc[nH]c(=O)c2C#N)ccn1. The molecular weight excluding hydrogens is 202 g/mol. The molecule has 0 amide bonds. The van der Waals surface area contributed by atoms with Crippen LogP contribution in [0, 0.1) is 18.3 Å². The zero-order chi connectivity index (χ0) is 11.5. The average Bonchev–Trinajstić information content (AvgIpc) is 2.28. The fourth-order valence-corrected chi connectivity index (χ4v) is 1.54. The van der Waals surface area contributed by atoms with Crippen molar-refractivity contribution in [3.05, 3.63) is 52.2 Å². The molecule has 0 saturated carbocycles. The smallest absolute Gasteiger partial charge is 0.266 e. The highest BCUT2D eigenvalue weighted by Gasteiger charge is 2.08. The number of nitriles is 1. The van der Waals surface area contributed by atoms with Gasteiger partial charge in [0.15, 0.2) is 0 Å². The quantitative estimate of drug-likeness (QED) is 0.779. The van der Waals surface area contributed by atoms with Gasteiger partial charge in [-0.25, -0.2) is 0 Å². The van der Waals surface area contributed by atoms with Crippen LogP contribution in [-0.2, 0) is 0 Å². The van der Waals surface area contributed by atoms with Crippen LogP contribution < -0.4 is 5.56 Å². The van der Waals surface area contributed by atoms with Crippen LogP contribution in [0.25, 0.3) is 11.1 Å². The Kier molecular flexibility index (Phi) is 2.52. The van der Waals surface area contributed by atoms with E-state index in [0.717, 1.165) is 11.3 Å². The summed E-state index contributed by atoms with van der Waals surface area (Å²) >= 11 is 0. The fourth-order valence-electron chi connectivity index (χ4n) is 1.54. The lowest BCUT2D eigenvalue weighted by Gasteiger charge is -2.03. The maximum absolute atomic E-state index is 11.4. The van der Waals surface area contributed by atoms with Gasteiger partial charge in [0.2, 0.25) is 0 Å². The monoisotopic (exact) mass is 211 g/mol. The Bertz CT molecular complexity index is 623. The van der Waals surface area contributed by atoms with Crippen LogP contribution in [0.3, 0.4) is 0 Å². The minimum atomic E-state index is -0.366. The molecule has 1 N–H and O–H groups in total. The van der Waals surface area contributed by atoms with Gasteiger partial charge in [-0.1, -0.05) is 0 Å². The first-order valence-electron chi connectivity index (χ1n) is 4.77. The maximum atomic E-state index is 11.4. The van der Waals surface area contributed by atoms with Gasteiger partial charge in [0.05, 0.1) is 0 Å². The van der Waals surface area contributed by atoms with E-state index < -0.39 is 0 Å². The normalized spacial score (nSPS) is 9.75. The summed E-state index contributed by atoms with van der Waals surface area (Å²) in [6.45, 7) is 1.86. The molecule has 4 heteroatoms. The van der Waals surface area contributed by atoms with E-state index in [0.29, 0.717) is 5.56 Å². The molecule has 2 aromatic heterocycles. The topological polar surface area (TPSA) is 69.5 Å². The molecule has 2 rings (SSSR count). The molecule has 0 radical (unpaired) electrons. The summed E-state index contributed by atoms with van der Waals surface area (Å²) in [6.07, 6.45) is 3.20. The second-order valence-electron chi connectivity index (χ2n) is 3.39. The first kappa shape index (κ1) is 10.1.